The van der Waals surface area contributed by atoms with Crippen molar-refractivity contribution in [2.75, 3.05) is 38.6 Å². The number of carbonyl (C=O) groups is 1. The molecule has 7 heteroatoms. The number of halogens is 2. The predicted octanol–water partition coefficient (Wildman–Crippen LogP) is 2.79. The number of rotatable bonds is 5. The molecule has 2 rings (SSSR count). The zero-order valence-corrected chi connectivity index (χ0v) is 14.0. The summed E-state index contributed by atoms with van der Waals surface area (Å²) in [5.41, 5.74) is 0.363. The smallest absolute Gasteiger partial charge is 0.321 e. The van der Waals surface area contributed by atoms with Crippen LogP contribution in [0.2, 0.25) is 5.02 Å². The number of benzene rings is 1. The van der Waals surface area contributed by atoms with E-state index in [2.05, 4.69) is 10.2 Å². The third-order valence-corrected chi connectivity index (χ3v) is 4.38. The van der Waals surface area contributed by atoms with Crippen LogP contribution in [0, 0.1) is 5.82 Å². The molecule has 5 nitrogen and oxygen atoms in total. The zero-order valence-electron chi connectivity index (χ0n) is 13.3. The van der Waals surface area contributed by atoms with E-state index in [1.807, 2.05) is 7.05 Å². The Balaban J connectivity index is 1.83. The van der Waals surface area contributed by atoms with Crippen molar-refractivity contribution in [2.45, 2.75) is 25.3 Å². The molecule has 1 saturated heterocycles. The van der Waals surface area contributed by atoms with Crippen LogP contribution in [-0.4, -0.2) is 60.3 Å². The average molecular weight is 344 g/mol. The number of hydrogen-bond donors (Lipinski definition) is 2. The molecule has 128 valence electrons. The van der Waals surface area contributed by atoms with Crippen molar-refractivity contribution in [2.24, 2.45) is 0 Å². The van der Waals surface area contributed by atoms with E-state index < -0.39 is 5.82 Å². The molecule has 2 amide bonds. The second kappa shape index (κ2) is 8.47. The van der Waals surface area contributed by atoms with Crippen LogP contribution < -0.4 is 5.32 Å². The first-order chi connectivity index (χ1) is 11.0. The Kier molecular flexibility index (Phi) is 6.62. The molecule has 1 aromatic rings. The summed E-state index contributed by atoms with van der Waals surface area (Å²) >= 11 is 5.79. The van der Waals surface area contributed by atoms with Gasteiger partial charge in [-0.1, -0.05) is 11.6 Å². The van der Waals surface area contributed by atoms with Gasteiger partial charge in [0.05, 0.1) is 0 Å². The number of likely N-dealkylation sites (tertiary alicyclic amines) is 1. The maximum absolute atomic E-state index is 13.3. The van der Waals surface area contributed by atoms with Crippen LogP contribution in [0.1, 0.15) is 19.3 Å². The number of aliphatic hydroxyl groups is 1. The SMILES string of the molecule is CN(CCCO)C1CCN(C(=O)Nc2cc(F)cc(Cl)c2)CC1. The molecular weight excluding hydrogens is 321 g/mol. The quantitative estimate of drug-likeness (QED) is 0.864. The highest BCUT2D eigenvalue weighted by Gasteiger charge is 2.25. The highest BCUT2D eigenvalue weighted by molar-refractivity contribution is 6.30. The van der Waals surface area contributed by atoms with Crippen molar-refractivity contribution in [1.82, 2.24) is 9.80 Å². The van der Waals surface area contributed by atoms with E-state index >= 15 is 0 Å². The maximum Gasteiger partial charge on any atom is 0.321 e. The Labute approximate surface area is 141 Å². The molecule has 2 N–H and O–H groups in total. The van der Waals surface area contributed by atoms with E-state index in [-0.39, 0.29) is 17.7 Å². The number of anilines is 1. The summed E-state index contributed by atoms with van der Waals surface area (Å²) in [7, 11) is 2.05. The Morgan fingerprint density at radius 1 is 1.43 bits per heavy atom. The van der Waals surface area contributed by atoms with Crippen molar-refractivity contribution in [3.8, 4) is 0 Å². The molecule has 0 bridgehead atoms. The van der Waals surface area contributed by atoms with Gasteiger partial charge in [0.15, 0.2) is 0 Å². The zero-order chi connectivity index (χ0) is 16.8. The number of carbonyl (C=O) groups excluding carboxylic acids is 1. The average Bonchev–Trinajstić information content (AvgIpc) is 2.51. The summed E-state index contributed by atoms with van der Waals surface area (Å²) in [6.45, 7) is 2.36. The Morgan fingerprint density at radius 2 is 2.13 bits per heavy atom. The third-order valence-electron chi connectivity index (χ3n) is 4.16. The molecule has 0 aromatic heterocycles. The molecule has 0 saturated carbocycles. The lowest BCUT2D eigenvalue weighted by molar-refractivity contribution is 0.134. The fraction of sp³-hybridized carbons (Fsp3) is 0.562. The van der Waals surface area contributed by atoms with Crippen molar-refractivity contribution in [3.63, 3.8) is 0 Å². The lowest BCUT2D eigenvalue weighted by Crippen LogP contribution is -2.47. The van der Waals surface area contributed by atoms with Crippen LogP contribution in [0.4, 0.5) is 14.9 Å². The van der Waals surface area contributed by atoms with Crippen LogP contribution in [0.25, 0.3) is 0 Å². The van der Waals surface area contributed by atoms with Gasteiger partial charge in [-0.2, -0.15) is 0 Å². The first kappa shape index (κ1) is 18.0. The number of nitrogens with zero attached hydrogens (tertiary/aromatic N) is 2. The first-order valence-corrected chi connectivity index (χ1v) is 8.20. The standard InChI is InChI=1S/C16H23ClFN3O2/c1-20(5-2-8-22)15-3-6-21(7-4-15)16(23)19-14-10-12(17)9-13(18)11-14/h9-11,15,22H,2-8H2,1H3,(H,19,23). The molecule has 0 unspecified atom stereocenters. The van der Waals surface area contributed by atoms with Crippen molar-refractivity contribution >= 4 is 23.3 Å². The van der Waals surface area contributed by atoms with Crippen molar-refractivity contribution in [1.29, 1.82) is 0 Å². The van der Waals surface area contributed by atoms with Gasteiger partial charge in [-0.05, 0) is 44.5 Å². The molecule has 1 aliphatic heterocycles. The Bertz CT molecular complexity index is 516. The number of hydrogen-bond acceptors (Lipinski definition) is 3. The van der Waals surface area contributed by atoms with Crippen LogP contribution in [-0.2, 0) is 0 Å². The van der Waals surface area contributed by atoms with Crippen LogP contribution in [0.3, 0.4) is 0 Å². The monoisotopic (exact) mass is 343 g/mol. The summed E-state index contributed by atoms with van der Waals surface area (Å²) < 4.78 is 13.3. The van der Waals surface area contributed by atoms with E-state index in [0.29, 0.717) is 24.8 Å². The fourth-order valence-corrected chi connectivity index (χ4v) is 3.06. The summed E-state index contributed by atoms with van der Waals surface area (Å²) in [6, 6.07) is 4.17. The number of urea groups is 1. The van der Waals surface area contributed by atoms with Gasteiger partial charge in [0.1, 0.15) is 5.82 Å². The van der Waals surface area contributed by atoms with Crippen molar-refractivity contribution in [3.05, 3.63) is 29.0 Å². The van der Waals surface area contributed by atoms with E-state index in [4.69, 9.17) is 16.7 Å². The molecule has 0 radical (unpaired) electrons. The predicted molar refractivity (Wildman–Crippen MR) is 89.4 cm³/mol. The van der Waals surface area contributed by atoms with Gasteiger partial charge in [-0.15, -0.1) is 0 Å². The highest BCUT2D eigenvalue weighted by Crippen LogP contribution is 2.20. The number of nitrogens with one attached hydrogen (secondary N) is 1. The van der Waals surface area contributed by atoms with Crippen molar-refractivity contribution < 1.29 is 14.3 Å². The molecule has 0 spiro atoms. The van der Waals surface area contributed by atoms with E-state index in [0.717, 1.165) is 25.8 Å². The molecule has 1 heterocycles. The topological polar surface area (TPSA) is 55.8 Å². The normalized spacial score (nSPS) is 16.0. The summed E-state index contributed by atoms with van der Waals surface area (Å²) in [5.74, 6) is -0.475. The third kappa shape index (κ3) is 5.34. The van der Waals surface area contributed by atoms with Crippen LogP contribution in [0.15, 0.2) is 18.2 Å². The highest BCUT2D eigenvalue weighted by atomic mass is 35.5. The van der Waals surface area contributed by atoms with Gasteiger partial charge in [0, 0.05) is 43.0 Å². The number of piperidine rings is 1. The lowest BCUT2D eigenvalue weighted by Gasteiger charge is -2.36. The van der Waals surface area contributed by atoms with Gasteiger partial charge in [-0.25, -0.2) is 9.18 Å². The molecular formula is C16H23ClFN3O2. The van der Waals surface area contributed by atoms with Gasteiger partial charge < -0.3 is 20.2 Å². The number of aliphatic hydroxyl groups excluding tert-OH is 1. The second-order valence-corrected chi connectivity index (χ2v) is 6.30. The minimum absolute atomic E-state index is 0.196. The number of amides is 2. The van der Waals surface area contributed by atoms with Gasteiger partial charge in [-0.3, -0.25) is 0 Å². The van der Waals surface area contributed by atoms with Gasteiger partial charge >= 0.3 is 6.03 Å². The van der Waals surface area contributed by atoms with Crippen LogP contribution >= 0.6 is 11.6 Å². The lowest BCUT2D eigenvalue weighted by atomic mass is 10.0. The van der Waals surface area contributed by atoms with Gasteiger partial charge in [0.25, 0.3) is 0 Å². The summed E-state index contributed by atoms with van der Waals surface area (Å²) in [4.78, 5) is 16.2. The molecule has 23 heavy (non-hydrogen) atoms. The summed E-state index contributed by atoms with van der Waals surface area (Å²) in [6.07, 6.45) is 2.54. The second-order valence-electron chi connectivity index (χ2n) is 5.86. The molecule has 1 fully saturated rings. The van der Waals surface area contributed by atoms with Gasteiger partial charge in [0.2, 0.25) is 0 Å². The first-order valence-electron chi connectivity index (χ1n) is 7.82. The van der Waals surface area contributed by atoms with E-state index in [1.165, 1.54) is 18.2 Å². The fourth-order valence-electron chi connectivity index (χ4n) is 2.84. The maximum atomic E-state index is 13.3. The summed E-state index contributed by atoms with van der Waals surface area (Å²) in [5, 5.41) is 11.8. The van der Waals surface area contributed by atoms with Crippen LogP contribution in [0.5, 0.6) is 0 Å². The minimum atomic E-state index is -0.475. The molecule has 1 aromatic carbocycles. The molecule has 1 aliphatic rings. The molecule has 0 aliphatic carbocycles. The minimum Gasteiger partial charge on any atom is -0.396 e. The Hall–Kier alpha value is -1.37. The van der Waals surface area contributed by atoms with E-state index in [9.17, 15) is 9.18 Å². The van der Waals surface area contributed by atoms with E-state index in [1.54, 1.807) is 4.90 Å². The Morgan fingerprint density at radius 3 is 2.74 bits per heavy atom. The molecule has 0 atom stereocenters. The largest absolute Gasteiger partial charge is 0.396 e.